The van der Waals surface area contributed by atoms with Crippen LogP contribution in [0.1, 0.15) is 46.7 Å². The van der Waals surface area contributed by atoms with Crippen molar-refractivity contribution in [3.8, 4) is 16.9 Å². The first-order valence-electron chi connectivity index (χ1n) is 13.4. The lowest BCUT2D eigenvalue weighted by Crippen LogP contribution is -2.35. The van der Waals surface area contributed by atoms with E-state index in [9.17, 15) is 9.59 Å². The molecule has 0 spiro atoms. The third-order valence-electron chi connectivity index (χ3n) is 7.34. The van der Waals surface area contributed by atoms with E-state index in [0.29, 0.717) is 17.7 Å². The van der Waals surface area contributed by atoms with Crippen molar-refractivity contribution in [2.45, 2.75) is 27.7 Å². The normalized spacial score (nSPS) is 13.7. The minimum atomic E-state index is -0.171. The molecule has 8 nitrogen and oxygen atoms in total. The number of nitrogens with zero attached hydrogens (tertiary/aromatic N) is 3. The van der Waals surface area contributed by atoms with E-state index in [1.54, 1.807) is 6.20 Å². The Morgan fingerprint density at radius 2 is 1.85 bits per heavy atom. The number of aryl methyl sites for hydroxylation is 1. The quantitative estimate of drug-likeness (QED) is 0.268. The molecule has 39 heavy (non-hydrogen) atoms. The molecule has 3 heterocycles. The highest BCUT2D eigenvalue weighted by Gasteiger charge is 2.26. The van der Waals surface area contributed by atoms with Gasteiger partial charge in [0.15, 0.2) is 0 Å². The number of H-pyrrole nitrogens is 1. The minimum Gasteiger partial charge on any atom is -0.358 e. The molecule has 5 rings (SSSR count). The average molecular weight is 523 g/mol. The zero-order valence-corrected chi connectivity index (χ0v) is 22.8. The number of fused-ring (bicyclic) bond motifs is 1. The van der Waals surface area contributed by atoms with Crippen molar-refractivity contribution in [3.05, 3.63) is 88.9 Å². The lowest BCUT2D eigenvalue weighted by atomic mass is 10.0. The maximum atomic E-state index is 13.0. The van der Waals surface area contributed by atoms with Crippen LogP contribution >= 0.6 is 0 Å². The van der Waals surface area contributed by atoms with Crippen LogP contribution in [0.15, 0.2) is 60.8 Å². The van der Waals surface area contributed by atoms with Crippen LogP contribution in [0, 0.1) is 13.8 Å². The fourth-order valence-electron chi connectivity index (χ4n) is 5.15. The van der Waals surface area contributed by atoms with Crippen molar-refractivity contribution in [1.82, 2.24) is 25.0 Å². The largest absolute Gasteiger partial charge is 0.358 e. The van der Waals surface area contributed by atoms with E-state index in [2.05, 4.69) is 39.5 Å². The third-order valence-corrected chi connectivity index (χ3v) is 7.34. The second-order valence-corrected chi connectivity index (χ2v) is 9.68. The smallest absolute Gasteiger partial charge is 0.256 e. The lowest BCUT2D eigenvalue weighted by molar-refractivity contribution is -0.110. The minimum absolute atomic E-state index is 0.106. The van der Waals surface area contributed by atoms with E-state index in [1.807, 2.05) is 79.2 Å². The Kier molecular flexibility index (Phi) is 7.47. The molecule has 8 heteroatoms. The van der Waals surface area contributed by atoms with Crippen molar-refractivity contribution in [3.63, 3.8) is 0 Å². The van der Waals surface area contributed by atoms with E-state index in [1.165, 1.54) is 0 Å². The second kappa shape index (κ2) is 11.1. The fraction of sp³-hybridized carbons (Fsp3) is 0.258. The SMILES string of the molecule is CCN(CC)CCNC(=O)c1c(C)[nH]c(C=C2C(=O)Nc3ccc(-c4ccnn4-c4ccccc4)cc32)c1C. The molecule has 3 N–H and O–H groups in total. The zero-order chi connectivity index (χ0) is 27.5. The molecule has 0 aliphatic carbocycles. The van der Waals surface area contributed by atoms with Crippen LogP contribution in [0.25, 0.3) is 28.6 Å². The van der Waals surface area contributed by atoms with Gasteiger partial charge in [0.05, 0.1) is 28.7 Å². The van der Waals surface area contributed by atoms with E-state index in [-0.39, 0.29) is 11.8 Å². The molecule has 0 saturated heterocycles. The summed E-state index contributed by atoms with van der Waals surface area (Å²) in [7, 11) is 0. The van der Waals surface area contributed by atoms with Crippen molar-refractivity contribution in [2.75, 3.05) is 31.5 Å². The van der Waals surface area contributed by atoms with Gasteiger partial charge in [-0.1, -0.05) is 38.1 Å². The number of rotatable bonds is 9. The number of likely N-dealkylation sites (N-methyl/N-ethyl adjacent to an activating group) is 1. The highest BCUT2D eigenvalue weighted by molar-refractivity contribution is 6.35. The van der Waals surface area contributed by atoms with Crippen LogP contribution in [0.3, 0.4) is 0 Å². The molecule has 1 aliphatic heterocycles. The summed E-state index contributed by atoms with van der Waals surface area (Å²) >= 11 is 0. The first-order chi connectivity index (χ1) is 18.9. The Hall–Kier alpha value is -4.43. The van der Waals surface area contributed by atoms with Gasteiger partial charge in [0.1, 0.15) is 0 Å². The van der Waals surface area contributed by atoms with Crippen molar-refractivity contribution in [2.24, 2.45) is 0 Å². The third kappa shape index (κ3) is 5.15. The Morgan fingerprint density at radius 1 is 1.08 bits per heavy atom. The van der Waals surface area contributed by atoms with Crippen LogP contribution in [0.4, 0.5) is 5.69 Å². The summed E-state index contributed by atoms with van der Waals surface area (Å²) in [4.78, 5) is 31.6. The van der Waals surface area contributed by atoms with Crippen molar-refractivity contribution in [1.29, 1.82) is 0 Å². The number of carbonyl (C=O) groups excluding carboxylic acids is 2. The van der Waals surface area contributed by atoms with Gasteiger partial charge < -0.3 is 20.5 Å². The van der Waals surface area contributed by atoms with Crippen LogP contribution in [0.2, 0.25) is 0 Å². The van der Waals surface area contributed by atoms with E-state index < -0.39 is 0 Å². The summed E-state index contributed by atoms with van der Waals surface area (Å²) in [5, 5.41) is 10.5. The van der Waals surface area contributed by atoms with Crippen LogP contribution in [0.5, 0.6) is 0 Å². The molecule has 4 aromatic rings. The topological polar surface area (TPSA) is 95.1 Å². The summed E-state index contributed by atoms with van der Waals surface area (Å²) in [5.41, 5.74) is 7.94. The van der Waals surface area contributed by atoms with Crippen molar-refractivity contribution < 1.29 is 9.59 Å². The highest BCUT2D eigenvalue weighted by atomic mass is 16.2. The van der Waals surface area contributed by atoms with Crippen LogP contribution < -0.4 is 10.6 Å². The Labute approximate surface area is 228 Å². The number of hydrogen-bond acceptors (Lipinski definition) is 4. The Balaban J connectivity index is 1.44. The maximum absolute atomic E-state index is 13.0. The van der Waals surface area contributed by atoms with Gasteiger partial charge in [-0.05, 0) is 68.9 Å². The Bertz CT molecular complexity index is 1540. The van der Waals surface area contributed by atoms with Gasteiger partial charge in [0.2, 0.25) is 0 Å². The monoisotopic (exact) mass is 522 g/mol. The molecular weight excluding hydrogens is 488 g/mol. The standard InChI is InChI=1S/C31H34N6O2/c1-5-36(6-2)17-16-32-31(39)29-20(3)27(34-21(29)4)19-25-24-18-22(12-13-26(24)35-30(25)38)28-14-15-33-37(28)23-10-8-7-9-11-23/h7-15,18-19,34H,5-6,16-17H2,1-4H3,(H,32,39)(H,35,38). The lowest BCUT2D eigenvalue weighted by Gasteiger charge is -2.18. The summed E-state index contributed by atoms with van der Waals surface area (Å²) in [6.07, 6.45) is 3.61. The fourth-order valence-corrected chi connectivity index (χ4v) is 5.15. The summed E-state index contributed by atoms with van der Waals surface area (Å²) in [6.45, 7) is 11.3. The summed E-state index contributed by atoms with van der Waals surface area (Å²) in [6, 6.07) is 17.8. The molecule has 0 radical (unpaired) electrons. The highest BCUT2D eigenvalue weighted by Crippen LogP contribution is 2.37. The van der Waals surface area contributed by atoms with Gasteiger partial charge in [-0.25, -0.2) is 4.68 Å². The molecule has 0 unspecified atom stereocenters. The number of benzene rings is 2. The number of para-hydroxylation sites is 1. The van der Waals surface area contributed by atoms with Gasteiger partial charge in [-0.15, -0.1) is 0 Å². The molecule has 1 aliphatic rings. The molecule has 0 saturated carbocycles. The molecule has 0 atom stereocenters. The second-order valence-electron chi connectivity index (χ2n) is 9.68. The van der Waals surface area contributed by atoms with Gasteiger partial charge in [0, 0.05) is 41.3 Å². The zero-order valence-electron chi connectivity index (χ0n) is 22.8. The van der Waals surface area contributed by atoms with E-state index in [0.717, 1.165) is 64.8 Å². The van der Waals surface area contributed by atoms with Gasteiger partial charge >= 0.3 is 0 Å². The average Bonchev–Trinajstić information content (AvgIpc) is 3.63. The predicted molar refractivity (Wildman–Crippen MR) is 156 cm³/mol. The molecule has 0 bridgehead atoms. The van der Waals surface area contributed by atoms with Crippen LogP contribution in [-0.4, -0.2) is 57.7 Å². The van der Waals surface area contributed by atoms with Gasteiger partial charge in [-0.3, -0.25) is 9.59 Å². The molecule has 2 aromatic heterocycles. The first-order valence-corrected chi connectivity index (χ1v) is 13.4. The van der Waals surface area contributed by atoms with E-state index in [4.69, 9.17) is 0 Å². The van der Waals surface area contributed by atoms with E-state index >= 15 is 0 Å². The molecule has 2 aromatic carbocycles. The molecule has 2 amide bonds. The summed E-state index contributed by atoms with van der Waals surface area (Å²) in [5.74, 6) is -0.276. The van der Waals surface area contributed by atoms with Gasteiger partial charge in [-0.2, -0.15) is 5.10 Å². The van der Waals surface area contributed by atoms with Crippen LogP contribution in [-0.2, 0) is 4.79 Å². The number of carbonyl (C=O) groups is 2. The molecular formula is C31H34N6O2. The number of anilines is 1. The number of amides is 2. The Morgan fingerprint density at radius 3 is 2.59 bits per heavy atom. The number of aromatic nitrogens is 3. The maximum Gasteiger partial charge on any atom is 0.256 e. The van der Waals surface area contributed by atoms with Gasteiger partial charge in [0.25, 0.3) is 11.8 Å². The molecule has 200 valence electrons. The summed E-state index contributed by atoms with van der Waals surface area (Å²) < 4.78 is 1.89. The number of hydrogen-bond donors (Lipinski definition) is 3. The van der Waals surface area contributed by atoms with Crippen molar-refractivity contribution >= 4 is 29.2 Å². The molecule has 0 fully saturated rings. The number of aromatic amines is 1. The first kappa shape index (κ1) is 26.2. The number of nitrogens with one attached hydrogen (secondary N) is 3. The predicted octanol–water partition coefficient (Wildman–Crippen LogP) is 5.05.